The van der Waals surface area contributed by atoms with Gasteiger partial charge < -0.3 is 14.2 Å². The third kappa shape index (κ3) is 2.84. The zero-order valence-electron chi connectivity index (χ0n) is 13.2. The molecular formula is C17H21N3O2. The zero-order chi connectivity index (χ0) is 15.7. The fourth-order valence-electron chi connectivity index (χ4n) is 2.62. The predicted octanol–water partition coefficient (Wildman–Crippen LogP) is 3.11. The highest BCUT2D eigenvalue weighted by atomic mass is 16.3. The number of carbonyl (C=O) groups is 1. The van der Waals surface area contributed by atoms with Crippen LogP contribution in [0.3, 0.4) is 0 Å². The highest BCUT2D eigenvalue weighted by Crippen LogP contribution is 2.35. The molecule has 0 aromatic carbocycles. The molecule has 2 heterocycles. The molecule has 0 bridgehead atoms. The van der Waals surface area contributed by atoms with E-state index in [1.165, 1.54) is 0 Å². The van der Waals surface area contributed by atoms with Crippen LogP contribution in [0.15, 0.2) is 41.1 Å². The number of hydrogen-bond acceptors (Lipinski definition) is 4. The fraction of sp³-hybridized carbons (Fsp3) is 0.412. The van der Waals surface area contributed by atoms with Crippen molar-refractivity contribution in [3.8, 4) is 0 Å². The van der Waals surface area contributed by atoms with Gasteiger partial charge in [0.2, 0.25) is 0 Å². The van der Waals surface area contributed by atoms with Gasteiger partial charge in [0.1, 0.15) is 11.6 Å². The summed E-state index contributed by atoms with van der Waals surface area (Å²) in [5, 5.41) is 0. The van der Waals surface area contributed by atoms with Crippen LogP contribution < -0.4 is 4.90 Å². The molecule has 1 saturated carbocycles. The lowest BCUT2D eigenvalue weighted by molar-refractivity contribution is 0.0652. The number of amides is 1. The average Bonchev–Trinajstić information content (AvgIpc) is 3.19. The summed E-state index contributed by atoms with van der Waals surface area (Å²) in [4.78, 5) is 21.1. The van der Waals surface area contributed by atoms with Crippen LogP contribution in [0, 0.1) is 0 Å². The minimum Gasteiger partial charge on any atom is -0.467 e. The Bertz CT molecular complexity index is 648. The summed E-state index contributed by atoms with van der Waals surface area (Å²) in [5.41, 5.74) is 0.670. The SMILES string of the molecule is C[C@H](c1ccco1)N(C(=O)c1ccnc(N(C)C)c1)C1CC1. The topological polar surface area (TPSA) is 49.6 Å². The Morgan fingerprint density at radius 3 is 2.73 bits per heavy atom. The van der Waals surface area contributed by atoms with Crippen LogP contribution in [0.1, 0.15) is 41.9 Å². The van der Waals surface area contributed by atoms with Gasteiger partial charge in [0.25, 0.3) is 5.91 Å². The Labute approximate surface area is 130 Å². The maximum atomic E-state index is 13.0. The van der Waals surface area contributed by atoms with E-state index in [0.29, 0.717) is 11.6 Å². The van der Waals surface area contributed by atoms with Gasteiger partial charge in [0.05, 0.1) is 12.3 Å². The quantitative estimate of drug-likeness (QED) is 0.851. The molecule has 1 aliphatic carbocycles. The zero-order valence-corrected chi connectivity index (χ0v) is 13.2. The van der Waals surface area contributed by atoms with Crippen LogP contribution in [0.25, 0.3) is 0 Å². The van der Waals surface area contributed by atoms with Crippen molar-refractivity contribution in [2.45, 2.75) is 31.8 Å². The van der Waals surface area contributed by atoms with Gasteiger partial charge in [0.15, 0.2) is 0 Å². The monoisotopic (exact) mass is 299 g/mol. The summed E-state index contributed by atoms with van der Waals surface area (Å²) in [6.07, 6.45) is 5.45. The third-order valence-electron chi connectivity index (χ3n) is 4.00. The van der Waals surface area contributed by atoms with E-state index in [1.54, 1.807) is 18.5 Å². The Balaban J connectivity index is 1.88. The van der Waals surface area contributed by atoms with Crippen LogP contribution in [-0.2, 0) is 0 Å². The van der Waals surface area contributed by atoms with E-state index in [4.69, 9.17) is 4.42 Å². The molecule has 0 aliphatic heterocycles. The molecule has 1 amide bonds. The van der Waals surface area contributed by atoms with Crippen molar-refractivity contribution in [1.82, 2.24) is 9.88 Å². The van der Waals surface area contributed by atoms with E-state index in [1.807, 2.05) is 49.0 Å². The van der Waals surface area contributed by atoms with Crippen molar-refractivity contribution in [3.05, 3.63) is 48.0 Å². The van der Waals surface area contributed by atoms with Crippen molar-refractivity contribution in [3.63, 3.8) is 0 Å². The molecule has 2 aromatic rings. The molecule has 116 valence electrons. The van der Waals surface area contributed by atoms with E-state index in [0.717, 1.165) is 24.4 Å². The van der Waals surface area contributed by atoms with Crippen molar-refractivity contribution in [2.24, 2.45) is 0 Å². The lowest BCUT2D eigenvalue weighted by Crippen LogP contribution is -2.35. The van der Waals surface area contributed by atoms with Gasteiger partial charge in [-0.05, 0) is 44.0 Å². The van der Waals surface area contributed by atoms with E-state index in [-0.39, 0.29) is 11.9 Å². The summed E-state index contributed by atoms with van der Waals surface area (Å²) < 4.78 is 5.49. The van der Waals surface area contributed by atoms with E-state index < -0.39 is 0 Å². The van der Waals surface area contributed by atoms with Gasteiger partial charge >= 0.3 is 0 Å². The largest absolute Gasteiger partial charge is 0.467 e. The van der Waals surface area contributed by atoms with Gasteiger partial charge in [-0.15, -0.1) is 0 Å². The Morgan fingerprint density at radius 2 is 2.14 bits per heavy atom. The van der Waals surface area contributed by atoms with E-state index in [2.05, 4.69) is 4.98 Å². The highest BCUT2D eigenvalue weighted by molar-refractivity contribution is 5.95. The maximum absolute atomic E-state index is 13.0. The smallest absolute Gasteiger partial charge is 0.254 e. The molecule has 1 atom stereocenters. The Kier molecular flexibility index (Phi) is 3.88. The van der Waals surface area contributed by atoms with E-state index in [9.17, 15) is 4.79 Å². The molecule has 0 radical (unpaired) electrons. The van der Waals surface area contributed by atoms with Crippen LogP contribution >= 0.6 is 0 Å². The number of anilines is 1. The standard InChI is InChI=1S/C17H21N3O2/c1-12(15-5-4-10-22-15)20(14-6-7-14)17(21)13-8-9-18-16(11-13)19(2)3/h4-5,8-12,14H,6-7H2,1-3H3/t12-/m1/s1. The molecule has 0 saturated heterocycles. The van der Waals surface area contributed by atoms with Crippen LogP contribution in [0.2, 0.25) is 0 Å². The Hall–Kier alpha value is -2.30. The second-order valence-corrected chi connectivity index (χ2v) is 5.93. The molecule has 5 nitrogen and oxygen atoms in total. The van der Waals surface area contributed by atoms with Crippen LogP contribution in [0.5, 0.6) is 0 Å². The van der Waals surface area contributed by atoms with Crippen LogP contribution in [-0.4, -0.2) is 35.9 Å². The lowest BCUT2D eigenvalue weighted by atomic mass is 10.1. The first-order valence-electron chi connectivity index (χ1n) is 7.57. The van der Waals surface area contributed by atoms with Crippen molar-refractivity contribution < 1.29 is 9.21 Å². The number of rotatable bonds is 5. The molecular weight excluding hydrogens is 278 g/mol. The number of pyridine rings is 1. The summed E-state index contributed by atoms with van der Waals surface area (Å²) in [7, 11) is 3.83. The molecule has 0 unspecified atom stereocenters. The first kappa shape index (κ1) is 14.6. The van der Waals surface area contributed by atoms with E-state index >= 15 is 0 Å². The highest BCUT2D eigenvalue weighted by Gasteiger charge is 2.37. The number of hydrogen-bond donors (Lipinski definition) is 0. The molecule has 22 heavy (non-hydrogen) atoms. The van der Waals surface area contributed by atoms with Crippen molar-refractivity contribution in [2.75, 3.05) is 19.0 Å². The van der Waals surface area contributed by atoms with Gasteiger partial charge in [-0.1, -0.05) is 0 Å². The first-order chi connectivity index (χ1) is 10.6. The fourth-order valence-corrected chi connectivity index (χ4v) is 2.62. The molecule has 3 rings (SSSR count). The van der Waals surface area contributed by atoms with Gasteiger partial charge in [0, 0.05) is 31.9 Å². The average molecular weight is 299 g/mol. The van der Waals surface area contributed by atoms with Gasteiger partial charge in [-0.3, -0.25) is 4.79 Å². The molecule has 2 aromatic heterocycles. The maximum Gasteiger partial charge on any atom is 0.254 e. The second-order valence-electron chi connectivity index (χ2n) is 5.93. The number of furan rings is 1. The first-order valence-corrected chi connectivity index (χ1v) is 7.57. The predicted molar refractivity (Wildman–Crippen MR) is 84.9 cm³/mol. The summed E-state index contributed by atoms with van der Waals surface area (Å²) in [6, 6.07) is 7.64. The minimum atomic E-state index is -0.0639. The van der Waals surface area contributed by atoms with Gasteiger partial charge in [-0.2, -0.15) is 0 Å². The molecule has 0 spiro atoms. The number of aromatic nitrogens is 1. The number of carbonyl (C=O) groups excluding carboxylic acids is 1. The molecule has 1 fully saturated rings. The number of nitrogens with zero attached hydrogens (tertiary/aromatic N) is 3. The summed E-state index contributed by atoms with van der Waals surface area (Å²) in [6.45, 7) is 2.02. The third-order valence-corrected chi connectivity index (χ3v) is 4.00. The van der Waals surface area contributed by atoms with Crippen molar-refractivity contribution >= 4 is 11.7 Å². The second kappa shape index (κ2) is 5.83. The lowest BCUT2D eigenvalue weighted by Gasteiger charge is -2.28. The van der Waals surface area contributed by atoms with Crippen molar-refractivity contribution in [1.29, 1.82) is 0 Å². The molecule has 5 heteroatoms. The molecule has 0 N–H and O–H groups in total. The summed E-state index contributed by atoms with van der Waals surface area (Å²) >= 11 is 0. The minimum absolute atomic E-state index is 0.0388. The Morgan fingerprint density at radius 1 is 1.36 bits per heavy atom. The summed E-state index contributed by atoms with van der Waals surface area (Å²) in [5.74, 6) is 1.64. The molecule has 1 aliphatic rings. The van der Waals surface area contributed by atoms with Crippen LogP contribution in [0.4, 0.5) is 5.82 Å². The normalized spacial score (nSPS) is 15.4. The van der Waals surface area contributed by atoms with Gasteiger partial charge in [-0.25, -0.2) is 4.98 Å².